The highest BCUT2D eigenvalue weighted by Crippen LogP contribution is 2.29. The van der Waals surface area contributed by atoms with Crippen molar-refractivity contribution < 1.29 is 13.9 Å². The minimum Gasteiger partial charge on any atom is -0.480 e. The SMILES string of the molecule is COc1cnc(C(NN)c2ccc(Cl)o2)c(OC)n1. The Bertz CT molecular complexity index is 561. The molecule has 0 saturated carbocycles. The fourth-order valence-electron chi connectivity index (χ4n) is 1.59. The molecule has 2 rings (SSSR count). The molecule has 102 valence electrons. The molecular weight excluding hydrogens is 272 g/mol. The maximum absolute atomic E-state index is 5.75. The van der Waals surface area contributed by atoms with E-state index < -0.39 is 6.04 Å². The molecule has 2 aromatic heterocycles. The van der Waals surface area contributed by atoms with Crippen molar-refractivity contribution in [2.45, 2.75) is 6.04 Å². The Balaban J connectivity index is 2.43. The topological polar surface area (TPSA) is 95.4 Å². The smallest absolute Gasteiger partial charge is 0.240 e. The van der Waals surface area contributed by atoms with Crippen LogP contribution in [0.4, 0.5) is 0 Å². The molecule has 1 atom stereocenters. The molecule has 2 aromatic rings. The highest BCUT2D eigenvalue weighted by molar-refractivity contribution is 6.28. The highest BCUT2D eigenvalue weighted by Gasteiger charge is 2.23. The second-order valence-corrected chi connectivity index (χ2v) is 3.92. The predicted octanol–water partition coefficient (Wildman–Crippen LogP) is 1.29. The monoisotopic (exact) mass is 284 g/mol. The minimum atomic E-state index is -0.527. The lowest BCUT2D eigenvalue weighted by Crippen LogP contribution is -2.29. The van der Waals surface area contributed by atoms with Crippen LogP contribution in [-0.4, -0.2) is 24.2 Å². The first-order chi connectivity index (χ1) is 9.19. The van der Waals surface area contributed by atoms with Crippen molar-refractivity contribution in [3.63, 3.8) is 0 Å². The summed E-state index contributed by atoms with van der Waals surface area (Å²) in [7, 11) is 2.98. The molecule has 0 aliphatic heterocycles. The van der Waals surface area contributed by atoms with Gasteiger partial charge in [-0.15, -0.1) is 0 Å². The minimum absolute atomic E-state index is 0.260. The summed E-state index contributed by atoms with van der Waals surface area (Å²) in [6.45, 7) is 0. The molecule has 8 heteroatoms. The van der Waals surface area contributed by atoms with Crippen LogP contribution in [0.5, 0.6) is 11.8 Å². The largest absolute Gasteiger partial charge is 0.480 e. The van der Waals surface area contributed by atoms with Gasteiger partial charge in [-0.1, -0.05) is 0 Å². The van der Waals surface area contributed by atoms with Crippen molar-refractivity contribution in [1.82, 2.24) is 15.4 Å². The van der Waals surface area contributed by atoms with Crippen LogP contribution in [-0.2, 0) is 0 Å². The number of aromatic nitrogens is 2. The molecule has 3 N–H and O–H groups in total. The summed E-state index contributed by atoms with van der Waals surface area (Å²) in [6.07, 6.45) is 1.47. The summed E-state index contributed by atoms with van der Waals surface area (Å²) >= 11 is 5.75. The molecule has 0 aliphatic rings. The number of hydrogen-bond donors (Lipinski definition) is 2. The van der Waals surface area contributed by atoms with Crippen LogP contribution in [0.1, 0.15) is 17.5 Å². The molecular formula is C11H13ClN4O3. The third-order valence-corrected chi connectivity index (χ3v) is 2.67. The van der Waals surface area contributed by atoms with Gasteiger partial charge >= 0.3 is 0 Å². The Labute approximate surface area is 114 Å². The second kappa shape index (κ2) is 5.87. The Hall–Kier alpha value is -1.83. The maximum Gasteiger partial charge on any atom is 0.240 e. The molecule has 0 radical (unpaired) electrons. The summed E-state index contributed by atoms with van der Waals surface area (Å²) in [4.78, 5) is 8.35. The summed E-state index contributed by atoms with van der Waals surface area (Å²) < 4.78 is 15.5. The van der Waals surface area contributed by atoms with Gasteiger partial charge in [0.05, 0.1) is 20.4 Å². The average Bonchev–Trinajstić information content (AvgIpc) is 2.86. The summed E-state index contributed by atoms with van der Waals surface area (Å²) in [5.41, 5.74) is 3.05. The molecule has 0 fully saturated rings. The molecule has 2 heterocycles. The number of rotatable bonds is 5. The summed E-state index contributed by atoms with van der Waals surface area (Å²) in [6, 6.07) is 2.78. The molecule has 7 nitrogen and oxygen atoms in total. The van der Waals surface area contributed by atoms with E-state index in [1.807, 2.05) is 0 Å². The second-order valence-electron chi connectivity index (χ2n) is 3.55. The van der Waals surface area contributed by atoms with Gasteiger partial charge in [-0.2, -0.15) is 4.98 Å². The normalized spacial score (nSPS) is 12.2. The molecule has 0 bridgehead atoms. The molecule has 0 aromatic carbocycles. The summed E-state index contributed by atoms with van der Waals surface area (Å²) in [5.74, 6) is 6.67. The molecule has 1 unspecified atom stereocenters. The Morgan fingerprint density at radius 2 is 2.16 bits per heavy atom. The third kappa shape index (κ3) is 2.78. The zero-order valence-corrected chi connectivity index (χ0v) is 11.1. The van der Waals surface area contributed by atoms with Gasteiger partial charge in [0.2, 0.25) is 11.8 Å². The van der Waals surface area contributed by atoms with Gasteiger partial charge in [-0.25, -0.2) is 10.4 Å². The van der Waals surface area contributed by atoms with Crippen LogP contribution in [0, 0.1) is 0 Å². The van der Waals surface area contributed by atoms with Crippen LogP contribution < -0.4 is 20.7 Å². The van der Waals surface area contributed by atoms with Gasteiger partial charge in [0.15, 0.2) is 5.22 Å². The zero-order valence-electron chi connectivity index (χ0n) is 10.4. The van der Waals surface area contributed by atoms with E-state index in [0.29, 0.717) is 17.3 Å². The van der Waals surface area contributed by atoms with Gasteiger partial charge in [0.25, 0.3) is 0 Å². The number of nitrogens with one attached hydrogen (secondary N) is 1. The predicted molar refractivity (Wildman–Crippen MR) is 68.0 cm³/mol. The lowest BCUT2D eigenvalue weighted by molar-refractivity contribution is 0.347. The van der Waals surface area contributed by atoms with Gasteiger partial charge < -0.3 is 13.9 Å². The first-order valence-electron chi connectivity index (χ1n) is 5.36. The fourth-order valence-corrected chi connectivity index (χ4v) is 1.74. The van der Waals surface area contributed by atoms with E-state index in [9.17, 15) is 0 Å². The van der Waals surface area contributed by atoms with Crippen LogP contribution in [0.2, 0.25) is 5.22 Å². The lowest BCUT2D eigenvalue weighted by atomic mass is 10.1. The van der Waals surface area contributed by atoms with Crippen LogP contribution >= 0.6 is 11.6 Å². The highest BCUT2D eigenvalue weighted by atomic mass is 35.5. The number of methoxy groups -OCH3 is 2. The number of ether oxygens (including phenoxy) is 2. The van der Waals surface area contributed by atoms with Crippen LogP contribution in [0.3, 0.4) is 0 Å². The molecule has 0 spiro atoms. The first-order valence-corrected chi connectivity index (χ1v) is 5.73. The van der Waals surface area contributed by atoms with Crippen LogP contribution in [0.25, 0.3) is 0 Å². The number of halogens is 1. The first kappa shape index (κ1) is 13.6. The van der Waals surface area contributed by atoms with Crippen molar-refractivity contribution in [3.8, 4) is 11.8 Å². The van der Waals surface area contributed by atoms with Gasteiger partial charge in [0, 0.05) is 0 Å². The van der Waals surface area contributed by atoms with Gasteiger partial charge in [-0.3, -0.25) is 5.84 Å². The third-order valence-electron chi connectivity index (χ3n) is 2.47. The number of hydrazine groups is 1. The quantitative estimate of drug-likeness (QED) is 0.631. The zero-order chi connectivity index (χ0) is 13.8. The van der Waals surface area contributed by atoms with E-state index in [-0.39, 0.29) is 11.1 Å². The lowest BCUT2D eigenvalue weighted by Gasteiger charge is -2.15. The molecule has 0 amide bonds. The Morgan fingerprint density at radius 1 is 1.37 bits per heavy atom. The number of nitrogens with zero attached hydrogens (tertiary/aromatic N) is 2. The fraction of sp³-hybridized carbons (Fsp3) is 0.273. The number of hydrogen-bond acceptors (Lipinski definition) is 7. The van der Waals surface area contributed by atoms with Gasteiger partial charge in [-0.05, 0) is 23.7 Å². The Kier molecular flexibility index (Phi) is 4.20. The molecule has 0 saturated heterocycles. The average molecular weight is 285 g/mol. The van der Waals surface area contributed by atoms with Crippen molar-refractivity contribution in [2.75, 3.05) is 14.2 Å². The van der Waals surface area contributed by atoms with E-state index in [4.69, 9.17) is 31.3 Å². The van der Waals surface area contributed by atoms with E-state index in [0.717, 1.165) is 0 Å². The van der Waals surface area contributed by atoms with Gasteiger partial charge in [0.1, 0.15) is 17.5 Å². The Morgan fingerprint density at radius 3 is 2.68 bits per heavy atom. The van der Waals surface area contributed by atoms with Crippen molar-refractivity contribution in [3.05, 3.63) is 35.0 Å². The number of furan rings is 1. The summed E-state index contributed by atoms with van der Waals surface area (Å²) in [5, 5.41) is 0.260. The van der Waals surface area contributed by atoms with Crippen molar-refractivity contribution >= 4 is 11.6 Å². The molecule has 19 heavy (non-hydrogen) atoms. The van der Waals surface area contributed by atoms with Crippen molar-refractivity contribution in [1.29, 1.82) is 0 Å². The van der Waals surface area contributed by atoms with Crippen LogP contribution in [0.15, 0.2) is 22.7 Å². The molecule has 0 aliphatic carbocycles. The van der Waals surface area contributed by atoms with E-state index in [1.165, 1.54) is 20.4 Å². The standard InChI is InChI=1S/C11H13ClN4O3/c1-17-8-5-14-10(11(15-8)18-2)9(16-13)6-3-4-7(12)19-6/h3-5,9,16H,13H2,1-2H3. The number of nitrogens with two attached hydrogens (primary N) is 1. The van der Waals surface area contributed by atoms with Crippen molar-refractivity contribution in [2.24, 2.45) is 5.84 Å². The van der Waals surface area contributed by atoms with E-state index in [1.54, 1.807) is 12.1 Å². The maximum atomic E-state index is 5.75. The van der Waals surface area contributed by atoms with E-state index in [2.05, 4.69) is 15.4 Å². The van der Waals surface area contributed by atoms with E-state index >= 15 is 0 Å².